The normalized spacial score (nSPS) is 25.4. The summed E-state index contributed by atoms with van der Waals surface area (Å²) in [5.74, 6) is -0.0734. The molecule has 0 bridgehead atoms. The van der Waals surface area contributed by atoms with E-state index in [1.54, 1.807) is 0 Å². The molecule has 1 fully saturated rings. The minimum atomic E-state index is -0.0734. The molecule has 2 aliphatic rings. The average molecular weight is 307 g/mol. The van der Waals surface area contributed by atoms with Gasteiger partial charge in [0.2, 0.25) is 0 Å². The van der Waals surface area contributed by atoms with Gasteiger partial charge in [0.25, 0.3) is 5.91 Å². The van der Waals surface area contributed by atoms with E-state index >= 15 is 0 Å². The molecule has 0 aromatic carbocycles. The molecule has 2 rings (SSSR count). The van der Waals surface area contributed by atoms with Crippen molar-refractivity contribution in [2.75, 3.05) is 0 Å². The lowest BCUT2D eigenvalue weighted by Gasteiger charge is -2.33. The highest BCUT2D eigenvalue weighted by Gasteiger charge is 2.27. The van der Waals surface area contributed by atoms with Crippen LogP contribution in [0.2, 0.25) is 0 Å². The number of rotatable bonds is 2. The molecule has 1 amide bonds. The molecule has 4 heteroatoms. The maximum atomic E-state index is 11.7. The Morgan fingerprint density at radius 2 is 2.15 bits per heavy atom. The lowest BCUT2D eigenvalue weighted by molar-refractivity contribution is -0.115. The largest absolute Gasteiger partial charge is 0.307 e. The van der Waals surface area contributed by atoms with Crippen molar-refractivity contribution in [1.29, 1.82) is 0 Å². The summed E-state index contributed by atoms with van der Waals surface area (Å²) in [5.41, 5.74) is 4.09. The van der Waals surface area contributed by atoms with E-state index in [4.69, 9.17) is 12.2 Å². The Balaban J connectivity index is 2.27. The van der Waals surface area contributed by atoms with Crippen LogP contribution in [0.15, 0.2) is 33.8 Å². The van der Waals surface area contributed by atoms with Crippen LogP contribution in [0.3, 0.4) is 0 Å². The molecular formula is C16H21NOS2. The van der Waals surface area contributed by atoms with Crippen LogP contribution < -0.4 is 5.32 Å². The summed E-state index contributed by atoms with van der Waals surface area (Å²) in [6, 6.07) is 0. The van der Waals surface area contributed by atoms with Crippen LogP contribution in [-0.2, 0) is 4.79 Å². The molecular weight excluding hydrogens is 286 g/mol. The van der Waals surface area contributed by atoms with Crippen LogP contribution in [0.4, 0.5) is 0 Å². The second-order valence-electron chi connectivity index (χ2n) is 6.12. The molecule has 0 atom stereocenters. The smallest absolute Gasteiger partial charge is 0.263 e. The minimum absolute atomic E-state index is 0.0734. The molecule has 0 saturated carbocycles. The SMILES string of the molecule is CC1=C(/C=C/C(C)=C2\SC(=S)NC2=O)C(C)(C)CCC1. The second-order valence-corrected chi connectivity index (χ2v) is 7.81. The fourth-order valence-electron chi connectivity index (χ4n) is 2.87. The third kappa shape index (κ3) is 3.23. The molecule has 1 heterocycles. The van der Waals surface area contributed by atoms with Crippen molar-refractivity contribution in [1.82, 2.24) is 5.32 Å². The molecule has 20 heavy (non-hydrogen) atoms. The summed E-state index contributed by atoms with van der Waals surface area (Å²) >= 11 is 6.37. The number of carbonyl (C=O) groups excluding carboxylic acids is 1. The van der Waals surface area contributed by atoms with Crippen LogP contribution >= 0.6 is 24.0 Å². The fraction of sp³-hybridized carbons (Fsp3) is 0.500. The van der Waals surface area contributed by atoms with E-state index in [1.165, 1.54) is 42.2 Å². The molecule has 1 aliphatic carbocycles. The Morgan fingerprint density at radius 3 is 2.70 bits per heavy atom. The van der Waals surface area contributed by atoms with Gasteiger partial charge in [0, 0.05) is 0 Å². The van der Waals surface area contributed by atoms with Gasteiger partial charge in [0.05, 0.1) is 4.91 Å². The topological polar surface area (TPSA) is 29.1 Å². The Bertz CT molecular complexity index is 553. The zero-order valence-electron chi connectivity index (χ0n) is 12.5. The summed E-state index contributed by atoms with van der Waals surface area (Å²) in [6.07, 6.45) is 7.91. The first kappa shape index (κ1) is 15.5. The highest BCUT2D eigenvalue weighted by Crippen LogP contribution is 2.41. The minimum Gasteiger partial charge on any atom is -0.307 e. The molecule has 1 N–H and O–H groups in total. The molecule has 0 aromatic rings. The van der Waals surface area contributed by atoms with Gasteiger partial charge in [-0.05, 0) is 49.7 Å². The second kappa shape index (κ2) is 5.86. The number of amides is 1. The predicted molar refractivity (Wildman–Crippen MR) is 90.5 cm³/mol. The summed E-state index contributed by atoms with van der Waals surface area (Å²) in [7, 11) is 0. The zero-order valence-corrected chi connectivity index (χ0v) is 14.1. The van der Waals surface area contributed by atoms with Gasteiger partial charge in [-0.2, -0.15) is 0 Å². The van der Waals surface area contributed by atoms with Crippen LogP contribution in [0.5, 0.6) is 0 Å². The maximum Gasteiger partial charge on any atom is 0.263 e. The number of hydrogen-bond acceptors (Lipinski definition) is 3. The van der Waals surface area contributed by atoms with Crippen LogP contribution in [0.25, 0.3) is 0 Å². The standard InChI is InChI=1S/C16H21NOS2/c1-10-6-5-9-16(3,4)12(10)8-7-11(2)13-14(18)17-15(19)20-13/h7-8H,5-6,9H2,1-4H3,(H,17,18,19)/b8-7+,13-11-. The Hall–Kier alpha value is -0.870. The van der Waals surface area contributed by atoms with Crippen molar-refractivity contribution in [3.05, 3.63) is 33.8 Å². The molecule has 0 unspecified atom stereocenters. The van der Waals surface area contributed by atoms with Crippen LogP contribution in [-0.4, -0.2) is 10.2 Å². The van der Waals surface area contributed by atoms with E-state index in [-0.39, 0.29) is 11.3 Å². The number of hydrogen-bond donors (Lipinski definition) is 1. The van der Waals surface area contributed by atoms with Crippen molar-refractivity contribution >= 4 is 34.2 Å². The number of carbonyl (C=O) groups is 1. The number of thioether (sulfide) groups is 1. The maximum absolute atomic E-state index is 11.7. The van der Waals surface area contributed by atoms with Gasteiger partial charge < -0.3 is 5.32 Å². The van der Waals surface area contributed by atoms with E-state index in [9.17, 15) is 4.79 Å². The lowest BCUT2D eigenvalue weighted by atomic mass is 9.72. The Morgan fingerprint density at radius 1 is 1.45 bits per heavy atom. The van der Waals surface area contributed by atoms with E-state index in [1.807, 2.05) is 6.92 Å². The van der Waals surface area contributed by atoms with Crippen LogP contribution in [0.1, 0.15) is 47.0 Å². The predicted octanol–water partition coefficient (Wildman–Crippen LogP) is 4.49. The van der Waals surface area contributed by atoms with E-state index < -0.39 is 0 Å². The number of allylic oxidation sites excluding steroid dienone is 5. The van der Waals surface area contributed by atoms with Gasteiger partial charge in [-0.3, -0.25) is 4.79 Å². The Labute approximate surface area is 130 Å². The zero-order chi connectivity index (χ0) is 14.9. The summed E-state index contributed by atoms with van der Waals surface area (Å²) in [6.45, 7) is 8.78. The molecule has 0 aromatic heterocycles. The van der Waals surface area contributed by atoms with Gasteiger partial charge in [0.15, 0.2) is 0 Å². The van der Waals surface area contributed by atoms with E-state index in [0.717, 1.165) is 10.5 Å². The first-order valence-corrected chi connectivity index (χ1v) is 8.16. The quantitative estimate of drug-likeness (QED) is 0.602. The third-order valence-corrected chi connectivity index (χ3v) is 5.37. The monoisotopic (exact) mass is 307 g/mol. The van der Waals surface area contributed by atoms with Gasteiger partial charge in [-0.1, -0.05) is 55.6 Å². The fourth-order valence-corrected chi connectivity index (χ4v) is 3.91. The third-order valence-electron chi connectivity index (χ3n) is 4.02. The first-order valence-electron chi connectivity index (χ1n) is 6.93. The average Bonchev–Trinajstić information content (AvgIpc) is 2.66. The highest BCUT2D eigenvalue weighted by atomic mass is 32.2. The van der Waals surface area contributed by atoms with Crippen LogP contribution in [0, 0.1) is 5.41 Å². The summed E-state index contributed by atoms with van der Waals surface area (Å²) in [4.78, 5) is 12.5. The molecule has 0 spiro atoms. The molecule has 1 saturated heterocycles. The van der Waals surface area contributed by atoms with Crippen molar-refractivity contribution < 1.29 is 4.79 Å². The van der Waals surface area contributed by atoms with Crippen molar-refractivity contribution in [2.24, 2.45) is 5.41 Å². The molecule has 1 aliphatic heterocycles. The molecule has 0 radical (unpaired) electrons. The molecule has 2 nitrogen and oxygen atoms in total. The van der Waals surface area contributed by atoms with Crippen molar-refractivity contribution in [3.8, 4) is 0 Å². The van der Waals surface area contributed by atoms with E-state index in [0.29, 0.717) is 4.32 Å². The van der Waals surface area contributed by atoms with Gasteiger partial charge >= 0.3 is 0 Å². The van der Waals surface area contributed by atoms with Crippen molar-refractivity contribution in [3.63, 3.8) is 0 Å². The van der Waals surface area contributed by atoms with Gasteiger partial charge in [0.1, 0.15) is 4.32 Å². The number of nitrogens with one attached hydrogen (secondary N) is 1. The molecule has 108 valence electrons. The lowest BCUT2D eigenvalue weighted by Crippen LogP contribution is -2.19. The van der Waals surface area contributed by atoms with E-state index in [2.05, 4.69) is 38.2 Å². The first-order chi connectivity index (χ1) is 9.31. The Kier molecular flexibility index (Phi) is 4.55. The highest BCUT2D eigenvalue weighted by molar-refractivity contribution is 8.26. The summed E-state index contributed by atoms with van der Waals surface area (Å²) < 4.78 is 0.547. The van der Waals surface area contributed by atoms with Gasteiger partial charge in [-0.25, -0.2) is 0 Å². The number of thiocarbonyl (C=S) groups is 1. The van der Waals surface area contributed by atoms with Crippen molar-refractivity contribution in [2.45, 2.75) is 47.0 Å². The summed E-state index contributed by atoms with van der Waals surface area (Å²) in [5, 5.41) is 2.66. The van der Waals surface area contributed by atoms with Gasteiger partial charge in [-0.15, -0.1) is 0 Å².